The van der Waals surface area contributed by atoms with Crippen LogP contribution < -0.4 is 10.1 Å². The minimum Gasteiger partial charge on any atom is -0.468 e. The van der Waals surface area contributed by atoms with Gasteiger partial charge in [-0.25, -0.2) is 0 Å². The molecule has 1 N–H and O–H groups in total. The van der Waals surface area contributed by atoms with Crippen LogP contribution in [0, 0.1) is 0 Å². The van der Waals surface area contributed by atoms with Crippen molar-refractivity contribution in [3.8, 4) is 34.3 Å². The second kappa shape index (κ2) is 10.3. The molecular weight excluding hydrogens is 442 g/mol. The standard InChI is InChI=1S/C25H22ClN3O4/c1-16(25(30)31-2)27-15-17-8-13-21(22(26)14-17)23-28-24(33-29-23)18-9-11-20(12-10-18)32-19-6-4-3-5-7-19/h3-14,16,27H,15H2,1-2H3/t16-/m0/s1. The van der Waals surface area contributed by atoms with Gasteiger partial charge >= 0.3 is 5.97 Å². The van der Waals surface area contributed by atoms with Crippen LogP contribution in [-0.4, -0.2) is 29.3 Å². The maximum atomic E-state index is 11.5. The molecule has 1 aromatic heterocycles. The summed E-state index contributed by atoms with van der Waals surface area (Å²) in [6, 6.07) is 22.1. The smallest absolute Gasteiger partial charge is 0.322 e. The Balaban J connectivity index is 1.44. The largest absolute Gasteiger partial charge is 0.468 e. The average Bonchev–Trinajstić information content (AvgIpc) is 3.33. The van der Waals surface area contributed by atoms with E-state index in [-0.39, 0.29) is 5.97 Å². The number of carbonyl (C=O) groups excluding carboxylic acids is 1. The van der Waals surface area contributed by atoms with Gasteiger partial charge < -0.3 is 19.3 Å². The van der Waals surface area contributed by atoms with Crippen LogP contribution in [0.5, 0.6) is 11.5 Å². The normalized spacial score (nSPS) is 11.7. The number of para-hydroxylation sites is 1. The first-order valence-electron chi connectivity index (χ1n) is 10.3. The van der Waals surface area contributed by atoms with Gasteiger partial charge in [-0.2, -0.15) is 4.98 Å². The minimum atomic E-state index is -0.419. The fourth-order valence-corrected chi connectivity index (χ4v) is 3.41. The van der Waals surface area contributed by atoms with Crippen molar-refractivity contribution < 1.29 is 18.8 Å². The molecule has 4 rings (SSSR count). The summed E-state index contributed by atoms with van der Waals surface area (Å²) in [4.78, 5) is 16.0. The number of methoxy groups -OCH3 is 1. The third-order valence-corrected chi connectivity index (χ3v) is 5.26. The molecule has 33 heavy (non-hydrogen) atoms. The van der Waals surface area contributed by atoms with E-state index in [2.05, 4.69) is 15.5 Å². The van der Waals surface area contributed by atoms with E-state index in [4.69, 9.17) is 25.6 Å². The molecule has 8 heteroatoms. The third-order valence-electron chi connectivity index (χ3n) is 4.95. The van der Waals surface area contributed by atoms with Crippen molar-refractivity contribution in [3.63, 3.8) is 0 Å². The Morgan fingerprint density at radius 2 is 1.79 bits per heavy atom. The summed E-state index contributed by atoms with van der Waals surface area (Å²) < 4.78 is 16.0. The van der Waals surface area contributed by atoms with Crippen molar-refractivity contribution in [2.75, 3.05) is 7.11 Å². The zero-order valence-corrected chi connectivity index (χ0v) is 18.9. The highest BCUT2D eigenvalue weighted by molar-refractivity contribution is 6.33. The van der Waals surface area contributed by atoms with Crippen molar-refractivity contribution in [2.24, 2.45) is 0 Å². The van der Waals surface area contributed by atoms with E-state index < -0.39 is 6.04 Å². The van der Waals surface area contributed by atoms with Gasteiger partial charge in [0.2, 0.25) is 5.82 Å². The molecule has 0 aliphatic heterocycles. The highest BCUT2D eigenvalue weighted by Crippen LogP contribution is 2.30. The fourth-order valence-electron chi connectivity index (χ4n) is 3.12. The molecule has 4 aromatic rings. The average molecular weight is 464 g/mol. The summed E-state index contributed by atoms with van der Waals surface area (Å²) in [6.07, 6.45) is 0. The summed E-state index contributed by atoms with van der Waals surface area (Å²) >= 11 is 6.46. The summed E-state index contributed by atoms with van der Waals surface area (Å²) in [5.74, 6) is 1.92. The number of nitrogens with zero attached hydrogens (tertiary/aromatic N) is 2. The van der Waals surface area contributed by atoms with E-state index in [0.29, 0.717) is 34.6 Å². The van der Waals surface area contributed by atoms with Gasteiger partial charge in [-0.1, -0.05) is 41.0 Å². The maximum Gasteiger partial charge on any atom is 0.322 e. The Labute approximate surface area is 196 Å². The Morgan fingerprint density at radius 3 is 2.48 bits per heavy atom. The number of benzene rings is 3. The SMILES string of the molecule is COC(=O)[C@H](C)NCc1ccc(-c2noc(-c3ccc(Oc4ccccc4)cc3)n2)c(Cl)c1. The van der Waals surface area contributed by atoms with Gasteiger partial charge in [0.05, 0.1) is 12.1 Å². The lowest BCUT2D eigenvalue weighted by molar-refractivity contribution is -0.142. The van der Waals surface area contributed by atoms with E-state index in [9.17, 15) is 4.79 Å². The van der Waals surface area contributed by atoms with Crippen LogP contribution in [-0.2, 0) is 16.1 Å². The van der Waals surface area contributed by atoms with Gasteiger partial charge in [-0.05, 0) is 61.0 Å². The lowest BCUT2D eigenvalue weighted by Gasteiger charge is -2.12. The number of carbonyl (C=O) groups is 1. The highest BCUT2D eigenvalue weighted by atomic mass is 35.5. The van der Waals surface area contributed by atoms with Crippen LogP contribution in [0.2, 0.25) is 5.02 Å². The predicted molar refractivity (Wildman–Crippen MR) is 125 cm³/mol. The van der Waals surface area contributed by atoms with Crippen LogP contribution in [0.15, 0.2) is 77.3 Å². The number of nitrogens with one attached hydrogen (secondary N) is 1. The molecule has 0 amide bonds. The second-order valence-corrected chi connectivity index (χ2v) is 7.71. The molecular formula is C25H22ClN3O4. The van der Waals surface area contributed by atoms with Crippen LogP contribution in [0.4, 0.5) is 0 Å². The van der Waals surface area contributed by atoms with Gasteiger partial charge in [0.15, 0.2) is 0 Å². The van der Waals surface area contributed by atoms with Gasteiger partial charge in [0, 0.05) is 17.7 Å². The van der Waals surface area contributed by atoms with E-state index in [1.54, 1.807) is 13.0 Å². The van der Waals surface area contributed by atoms with E-state index in [1.165, 1.54) is 7.11 Å². The second-order valence-electron chi connectivity index (χ2n) is 7.30. The lowest BCUT2D eigenvalue weighted by Crippen LogP contribution is -2.34. The van der Waals surface area contributed by atoms with E-state index in [1.807, 2.05) is 66.7 Å². The quantitative estimate of drug-likeness (QED) is 0.345. The molecule has 0 aliphatic carbocycles. The first-order chi connectivity index (χ1) is 16.0. The van der Waals surface area contributed by atoms with Crippen LogP contribution in [0.3, 0.4) is 0 Å². The van der Waals surface area contributed by atoms with Crippen molar-refractivity contribution in [2.45, 2.75) is 19.5 Å². The molecule has 1 heterocycles. The Morgan fingerprint density at radius 1 is 1.06 bits per heavy atom. The van der Waals surface area contributed by atoms with E-state index >= 15 is 0 Å². The Hall–Kier alpha value is -3.68. The lowest BCUT2D eigenvalue weighted by atomic mass is 10.1. The topological polar surface area (TPSA) is 86.5 Å². The number of ether oxygens (including phenoxy) is 2. The molecule has 1 atom stereocenters. The summed E-state index contributed by atoms with van der Waals surface area (Å²) in [6.45, 7) is 2.20. The van der Waals surface area contributed by atoms with Gasteiger partial charge in [0.25, 0.3) is 5.89 Å². The molecule has 0 saturated carbocycles. The number of aromatic nitrogens is 2. The van der Waals surface area contributed by atoms with Crippen LogP contribution >= 0.6 is 11.6 Å². The molecule has 168 valence electrons. The number of halogens is 1. The summed E-state index contributed by atoms with van der Waals surface area (Å²) in [7, 11) is 1.36. The molecule has 0 spiro atoms. The Kier molecular flexibility index (Phi) is 7.02. The van der Waals surface area contributed by atoms with Gasteiger partial charge in [-0.15, -0.1) is 0 Å². The zero-order valence-electron chi connectivity index (χ0n) is 18.1. The van der Waals surface area contributed by atoms with Crippen molar-refractivity contribution in [1.29, 1.82) is 0 Å². The monoisotopic (exact) mass is 463 g/mol. The van der Waals surface area contributed by atoms with Crippen molar-refractivity contribution >= 4 is 17.6 Å². The molecule has 0 saturated heterocycles. The van der Waals surface area contributed by atoms with Gasteiger partial charge in [0.1, 0.15) is 17.5 Å². The first kappa shape index (κ1) is 22.5. The van der Waals surface area contributed by atoms with Crippen molar-refractivity contribution in [1.82, 2.24) is 15.5 Å². The highest BCUT2D eigenvalue weighted by Gasteiger charge is 2.15. The summed E-state index contributed by atoms with van der Waals surface area (Å²) in [5, 5.41) is 7.65. The molecule has 0 radical (unpaired) electrons. The number of esters is 1. The molecule has 3 aromatic carbocycles. The van der Waals surface area contributed by atoms with E-state index in [0.717, 1.165) is 16.9 Å². The number of rotatable bonds is 8. The Bertz CT molecular complexity index is 1230. The molecule has 0 aliphatic rings. The third kappa shape index (κ3) is 5.58. The first-order valence-corrected chi connectivity index (χ1v) is 10.7. The fraction of sp³-hybridized carbons (Fsp3) is 0.160. The molecule has 0 fully saturated rings. The minimum absolute atomic E-state index is 0.322. The number of hydrogen-bond donors (Lipinski definition) is 1. The molecule has 0 bridgehead atoms. The summed E-state index contributed by atoms with van der Waals surface area (Å²) in [5.41, 5.74) is 2.33. The predicted octanol–water partition coefficient (Wildman–Crippen LogP) is 5.50. The van der Waals surface area contributed by atoms with Crippen LogP contribution in [0.1, 0.15) is 12.5 Å². The molecule has 0 unspecified atom stereocenters. The number of hydrogen-bond acceptors (Lipinski definition) is 7. The maximum absolute atomic E-state index is 11.5. The van der Waals surface area contributed by atoms with Gasteiger partial charge in [-0.3, -0.25) is 4.79 Å². The van der Waals surface area contributed by atoms with Crippen LogP contribution in [0.25, 0.3) is 22.8 Å². The molecule has 7 nitrogen and oxygen atoms in total. The zero-order chi connectivity index (χ0) is 23.2. The van der Waals surface area contributed by atoms with Crippen molar-refractivity contribution in [3.05, 3.63) is 83.4 Å².